The summed E-state index contributed by atoms with van der Waals surface area (Å²) >= 11 is 0. The lowest BCUT2D eigenvalue weighted by Crippen LogP contribution is -2.12. The highest BCUT2D eigenvalue weighted by Gasteiger charge is 2.07. The zero-order valence-electron chi connectivity index (χ0n) is 9.03. The van der Waals surface area contributed by atoms with E-state index in [4.69, 9.17) is 4.74 Å². The molecule has 0 aliphatic rings. The Kier molecular flexibility index (Phi) is 4.09. The van der Waals surface area contributed by atoms with E-state index >= 15 is 0 Å². The summed E-state index contributed by atoms with van der Waals surface area (Å²) in [6.45, 7) is 4.11. The third-order valence-corrected chi connectivity index (χ3v) is 2.01. The van der Waals surface area contributed by atoms with Crippen molar-refractivity contribution in [3.8, 4) is 0 Å². The molecule has 0 fully saturated rings. The fraction of sp³-hybridized carbons (Fsp3) is 0.455. The third-order valence-electron chi connectivity index (χ3n) is 2.01. The Morgan fingerprint density at radius 1 is 1.40 bits per heavy atom. The van der Waals surface area contributed by atoms with Crippen molar-refractivity contribution in [2.75, 3.05) is 6.61 Å². The molecule has 0 radical (unpaired) electrons. The molecule has 0 amide bonds. The number of nitrogens with zero attached hydrogens (tertiary/aromatic N) is 1. The van der Waals surface area contributed by atoms with Crippen LogP contribution >= 0.6 is 0 Å². The minimum absolute atomic E-state index is 0.0811. The Morgan fingerprint density at radius 2 is 2.13 bits per heavy atom. The Bertz CT molecular complexity index is 354. The molecule has 0 saturated heterocycles. The van der Waals surface area contributed by atoms with Crippen LogP contribution in [0, 0.1) is 0 Å². The first-order chi connectivity index (χ1) is 7.17. The summed E-state index contributed by atoms with van der Waals surface area (Å²) in [5, 5.41) is 0. The molecular weight excluding hydrogens is 194 g/mol. The van der Waals surface area contributed by atoms with Gasteiger partial charge in [0.1, 0.15) is 6.54 Å². The molecule has 1 aromatic rings. The van der Waals surface area contributed by atoms with Crippen LogP contribution in [0.3, 0.4) is 0 Å². The second-order valence-electron chi connectivity index (χ2n) is 3.15. The van der Waals surface area contributed by atoms with E-state index in [9.17, 15) is 9.59 Å². The Hall–Kier alpha value is -1.58. The molecule has 15 heavy (non-hydrogen) atoms. The van der Waals surface area contributed by atoms with E-state index in [-0.39, 0.29) is 18.3 Å². The SMILES string of the molecule is CCOC(=O)Cn1ccc(C(=O)CC)c1. The van der Waals surface area contributed by atoms with Crippen LogP contribution in [0.1, 0.15) is 30.6 Å². The number of ether oxygens (including phenoxy) is 1. The predicted octanol–water partition coefficient (Wildman–Crippen LogP) is 1.64. The van der Waals surface area contributed by atoms with E-state index in [1.165, 1.54) is 0 Å². The molecule has 0 atom stereocenters. The molecular formula is C11H15NO3. The zero-order valence-corrected chi connectivity index (χ0v) is 9.03. The molecule has 0 bridgehead atoms. The number of carbonyl (C=O) groups is 2. The molecule has 0 N–H and O–H groups in total. The molecule has 0 saturated carbocycles. The molecule has 1 heterocycles. The molecule has 0 spiro atoms. The summed E-state index contributed by atoms with van der Waals surface area (Å²) in [7, 11) is 0. The highest BCUT2D eigenvalue weighted by Crippen LogP contribution is 2.04. The fourth-order valence-electron chi connectivity index (χ4n) is 1.26. The Balaban J connectivity index is 2.60. The number of esters is 1. The summed E-state index contributed by atoms with van der Waals surface area (Å²) in [5.74, 6) is -0.207. The van der Waals surface area contributed by atoms with Crippen molar-refractivity contribution in [2.24, 2.45) is 0 Å². The van der Waals surface area contributed by atoms with E-state index in [0.29, 0.717) is 18.6 Å². The second-order valence-corrected chi connectivity index (χ2v) is 3.15. The van der Waals surface area contributed by atoms with Gasteiger partial charge in [-0.3, -0.25) is 9.59 Å². The summed E-state index contributed by atoms with van der Waals surface area (Å²) < 4.78 is 6.45. The number of rotatable bonds is 5. The Labute approximate surface area is 88.8 Å². The van der Waals surface area contributed by atoms with Crippen LogP contribution in [0.4, 0.5) is 0 Å². The number of carbonyl (C=O) groups excluding carboxylic acids is 2. The van der Waals surface area contributed by atoms with E-state index < -0.39 is 0 Å². The molecule has 4 heteroatoms. The van der Waals surface area contributed by atoms with E-state index in [2.05, 4.69) is 0 Å². The lowest BCUT2D eigenvalue weighted by molar-refractivity contribution is -0.143. The maximum Gasteiger partial charge on any atom is 0.325 e. The van der Waals surface area contributed by atoms with E-state index in [1.54, 1.807) is 30.0 Å². The summed E-state index contributed by atoms with van der Waals surface area (Å²) in [5.41, 5.74) is 0.641. The topological polar surface area (TPSA) is 48.3 Å². The molecule has 1 rings (SSSR count). The summed E-state index contributed by atoms with van der Waals surface area (Å²) in [6, 6.07) is 1.71. The fourth-order valence-corrected chi connectivity index (χ4v) is 1.26. The van der Waals surface area contributed by atoms with Gasteiger partial charge in [-0.05, 0) is 13.0 Å². The van der Waals surface area contributed by atoms with E-state index in [0.717, 1.165) is 0 Å². The first kappa shape index (κ1) is 11.5. The van der Waals surface area contributed by atoms with Crippen LogP contribution in [0.2, 0.25) is 0 Å². The van der Waals surface area contributed by atoms with Crippen LogP contribution < -0.4 is 0 Å². The molecule has 0 aliphatic carbocycles. The molecule has 4 nitrogen and oxygen atoms in total. The average molecular weight is 209 g/mol. The molecule has 0 unspecified atom stereocenters. The summed E-state index contributed by atoms with van der Waals surface area (Å²) in [4.78, 5) is 22.4. The lowest BCUT2D eigenvalue weighted by Gasteiger charge is -2.02. The highest BCUT2D eigenvalue weighted by atomic mass is 16.5. The van der Waals surface area contributed by atoms with Gasteiger partial charge in [-0.15, -0.1) is 0 Å². The van der Waals surface area contributed by atoms with Crippen LogP contribution in [0.25, 0.3) is 0 Å². The lowest BCUT2D eigenvalue weighted by atomic mass is 10.2. The maximum absolute atomic E-state index is 11.3. The largest absolute Gasteiger partial charge is 0.465 e. The van der Waals surface area contributed by atoms with Crippen molar-refractivity contribution in [1.29, 1.82) is 0 Å². The van der Waals surface area contributed by atoms with Crippen molar-refractivity contribution in [3.63, 3.8) is 0 Å². The number of ketones is 1. The summed E-state index contributed by atoms with van der Waals surface area (Å²) in [6.07, 6.45) is 3.85. The first-order valence-corrected chi connectivity index (χ1v) is 5.02. The minimum Gasteiger partial charge on any atom is -0.465 e. The average Bonchev–Trinajstić information content (AvgIpc) is 2.65. The molecule has 0 aromatic carbocycles. The quantitative estimate of drug-likeness (QED) is 0.547. The molecule has 0 aliphatic heterocycles. The number of Topliss-reactive ketones (excluding diaryl/α,β-unsaturated/α-hetero) is 1. The first-order valence-electron chi connectivity index (χ1n) is 5.02. The smallest absolute Gasteiger partial charge is 0.325 e. The van der Waals surface area contributed by atoms with Gasteiger partial charge in [0.2, 0.25) is 0 Å². The van der Waals surface area contributed by atoms with Crippen LogP contribution in [-0.4, -0.2) is 22.9 Å². The van der Waals surface area contributed by atoms with Crippen molar-refractivity contribution in [3.05, 3.63) is 24.0 Å². The van der Waals surface area contributed by atoms with Gasteiger partial charge < -0.3 is 9.30 Å². The van der Waals surface area contributed by atoms with Gasteiger partial charge in [0.15, 0.2) is 5.78 Å². The van der Waals surface area contributed by atoms with Gasteiger partial charge in [0, 0.05) is 24.4 Å². The zero-order chi connectivity index (χ0) is 11.3. The third kappa shape index (κ3) is 3.23. The van der Waals surface area contributed by atoms with Crippen molar-refractivity contribution >= 4 is 11.8 Å². The van der Waals surface area contributed by atoms with Gasteiger partial charge in [-0.25, -0.2) is 0 Å². The predicted molar refractivity (Wildman–Crippen MR) is 55.7 cm³/mol. The standard InChI is InChI=1S/C11H15NO3/c1-3-10(13)9-5-6-12(7-9)8-11(14)15-4-2/h5-7H,3-4,8H2,1-2H3. The van der Waals surface area contributed by atoms with Gasteiger partial charge in [-0.1, -0.05) is 6.92 Å². The second kappa shape index (κ2) is 5.34. The number of aromatic nitrogens is 1. The van der Waals surface area contributed by atoms with Crippen molar-refractivity contribution in [1.82, 2.24) is 4.57 Å². The van der Waals surface area contributed by atoms with Crippen molar-refractivity contribution in [2.45, 2.75) is 26.8 Å². The van der Waals surface area contributed by atoms with Crippen LogP contribution in [-0.2, 0) is 16.1 Å². The molecule has 1 aromatic heterocycles. The number of hydrogen-bond acceptors (Lipinski definition) is 3. The maximum atomic E-state index is 11.3. The van der Waals surface area contributed by atoms with Crippen molar-refractivity contribution < 1.29 is 14.3 Å². The van der Waals surface area contributed by atoms with Gasteiger partial charge in [-0.2, -0.15) is 0 Å². The Morgan fingerprint density at radius 3 is 2.73 bits per heavy atom. The van der Waals surface area contributed by atoms with Crippen LogP contribution in [0.5, 0.6) is 0 Å². The minimum atomic E-state index is -0.288. The van der Waals surface area contributed by atoms with Gasteiger partial charge in [0.05, 0.1) is 6.61 Å². The van der Waals surface area contributed by atoms with E-state index in [1.807, 2.05) is 6.92 Å². The highest BCUT2D eigenvalue weighted by molar-refractivity contribution is 5.95. The van der Waals surface area contributed by atoms with Crippen LogP contribution in [0.15, 0.2) is 18.5 Å². The van der Waals surface area contributed by atoms with Gasteiger partial charge in [0.25, 0.3) is 0 Å². The normalized spacial score (nSPS) is 10.0. The molecule has 82 valence electrons. The monoisotopic (exact) mass is 209 g/mol. The van der Waals surface area contributed by atoms with Gasteiger partial charge >= 0.3 is 5.97 Å². The number of hydrogen-bond donors (Lipinski definition) is 0.